The molecule has 0 aliphatic heterocycles. The van der Waals surface area contributed by atoms with Crippen LogP contribution in [0.1, 0.15) is 26.2 Å². The number of hydrogen-bond acceptors (Lipinski definition) is 5. The number of nitrogens with one attached hydrogen (secondary N) is 1. The van der Waals surface area contributed by atoms with Crippen molar-refractivity contribution in [2.75, 3.05) is 19.4 Å². The molecule has 1 unspecified atom stereocenters. The second-order valence-corrected chi connectivity index (χ2v) is 7.15. The first kappa shape index (κ1) is 17.4. The van der Waals surface area contributed by atoms with Crippen molar-refractivity contribution in [1.82, 2.24) is 9.29 Å². The van der Waals surface area contributed by atoms with Gasteiger partial charge in [0.25, 0.3) is 0 Å². The number of pyridine rings is 1. The van der Waals surface area contributed by atoms with Gasteiger partial charge in [-0.15, -0.1) is 0 Å². The predicted molar refractivity (Wildman–Crippen MR) is 79.7 cm³/mol. The fourth-order valence-electron chi connectivity index (χ4n) is 1.71. The molecule has 0 bridgehead atoms. The van der Waals surface area contributed by atoms with Gasteiger partial charge < -0.3 is 10.4 Å². The van der Waals surface area contributed by atoms with Crippen molar-refractivity contribution < 1.29 is 18.3 Å². The van der Waals surface area contributed by atoms with Gasteiger partial charge in [-0.05, 0) is 31.9 Å². The van der Waals surface area contributed by atoms with Crippen LogP contribution in [0, 0.1) is 0 Å². The number of anilines is 1. The van der Waals surface area contributed by atoms with E-state index in [9.17, 15) is 13.2 Å². The lowest BCUT2D eigenvalue weighted by molar-refractivity contribution is -0.137. The summed E-state index contributed by atoms with van der Waals surface area (Å²) in [5.74, 6) is -0.242. The molecule has 1 atom stereocenters. The van der Waals surface area contributed by atoms with E-state index < -0.39 is 16.0 Å². The monoisotopic (exact) mass is 315 g/mol. The zero-order valence-corrected chi connectivity index (χ0v) is 13.2. The Bertz CT molecular complexity index is 570. The number of carboxylic acid groups (broad SMARTS) is 1. The molecule has 0 saturated heterocycles. The lowest BCUT2D eigenvalue weighted by Crippen LogP contribution is -2.22. The minimum atomic E-state index is -3.47. The minimum Gasteiger partial charge on any atom is -0.481 e. The van der Waals surface area contributed by atoms with Crippen molar-refractivity contribution >= 4 is 21.8 Å². The molecule has 0 aliphatic carbocycles. The number of aromatic nitrogens is 1. The van der Waals surface area contributed by atoms with Gasteiger partial charge in [0.05, 0.1) is 0 Å². The van der Waals surface area contributed by atoms with Crippen molar-refractivity contribution in [3.05, 3.63) is 18.3 Å². The van der Waals surface area contributed by atoms with Crippen LogP contribution in [0.25, 0.3) is 0 Å². The zero-order valence-electron chi connectivity index (χ0n) is 12.4. The van der Waals surface area contributed by atoms with Gasteiger partial charge >= 0.3 is 5.97 Å². The minimum absolute atomic E-state index is 0.0631. The molecule has 118 valence electrons. The van der Waals surface area contributed by atoms with Gasteiger partial charge in [-0.1, -0.05) is 0 Å². The van der Waals surface area contributed by atoms with E-state index in [4.69, 9.17) is 5.11 Å². The topological polar surface area (TPSA) is 99.6 Å². The Balaban J connectivity index is 2.61. The van der Waals surface area contributed by atoms with E-state index in [0.29, 0.717) is 18.7 Å². The van der Waals surface area contributed by atoms with Gasteiger partial charge in [-0.25, -0.2) is 17.7 Å². The molecule has 21 heavy (non-hydrogen) atoms. The molecule has 8 heteroatoms. The lowest BCUT2D eigenvalue weighted by Gasteiger charge is -2.15. The van der Waals surface area contributed by atoms with Crippen LogP contribution >= 0.6 is 0 Å². The molecule has 7 nitrogen and oxygen atoms in total. The Labute approximate surface area is 125 Å². The summed E-state index contributed by atoms with van der Waals surface area (Å²) in [5, 5.41) is 11.7. The Morgan fingerprint density at radius 3 is 2.57 bits per heavy atom. The quantitative estimate of drug-likeness (QED) is 0.752. The van der Waals surface area contributed by atoms with Crippen molar-refractivity contribution in [3.63, 3.8) is 0 Å². The molecular formula is C13H21N3O4S. The average molecular weight is 315 g/mol. The molecule has 2 N–H and O–H groups in total. The molecule has 0 radical (unpaired) electrons. The molecule has 0 spiro atoms. The first-order chi connectivity index (χ1) is 9.73. The molecule has 0 aliphatic rings. The third kappa shape index (κ3) is 5.31. The Morgan fingerprint density at radius 1 is 1.43 bits per heavy atom. The fraction of sp³-hybridized carbons (Fsp3) is 0.538. The number of sulfonamides is 1. The average Bonchev–Trinajstić information content (AvgIpc) is 2.38. The van der Waals surface area contributed by atoms with E-state index in [0.717, 1.165) is 4.31 Å². The highest BCUT2D eigenvalue weighted by molar-refractivity contribution is 7.89. The van der Waals surface area contributed by atoms with E-state index in [-0.39, 0.29) is 17.4 Å². The summed E-state index contributed by atoms with van der Waals surface area (Å²) in [7, 11) is -0.539. The summed E-state index contributed by atoms with van der Waals surface area (Å²) >= 11 is 0. The summed E-state index contributed by atoms with van der Waals surface area (Å²) in [6.45, 7) is 1.92. The van der Waals surface area contributed by atoms with Crippen LogP contribution in [0.4, 0.5) is 5.82 Å². The molecule has 0 aromatic carbocycles. The van der Waals surface area contributed by atoms with Gasteiger partial charge in [0.15, 0.2) is 0 Å². The molecule has 1 aromatic rings. The smallest absolute Gasteiger partial charge is 0.303 e. The van der Waals surface area contributed by atoms with Crippen molar-refractivity contribution in [3.8, 4) is 0 Å². The summed E-state index contributed by atoms with van der Waals surface area (Å²) in [5.41, 5.74) is 0. The molecule has 1 rings (SSSR count). The third-order valence-corrected chi connectivity index (χ3v) is 4.74. The summed E-state index contributed by atoms with van der Waals surface area (Å²) in [6, 6.07) is 3.16. The van der Waals surface area contributed by atoms with Gasteiger partial charge in [-0.3, -0.25) is 4.79 Å². The SMILES string of the molecule is CC(CCCC(=O)O)Nc1ccc(S(=O)(=O)N(C)C)cn1. The molecule has 1 aromatic heterocycles. The summed E-state index contributed by atoms with van der Waals surface area (Å²) in [6.07, 6.45) is 2.73. The molecular weight excluding hydrogens is 294 g/mol. The van der Waals surface area contributed by atoms with Crippen molar-refractivity contribution in [2.45, 2.75) is 37.1 Å². The number of aliphatic carboxylic acids is 1. The van der Waals surface area contributed by atoms with E-state index in [2.05, 4.69) is 10.3 Å². The molecule has 0 amide bonds. The molecule has 0 fully saturated rings. The maximum atomic E-state index is 11.9. The van der Waals surface area contributed by atoms with Crippen molar-refractivity contribution in [2.24, 2.45) is 0 Å². The largest absolute Gasteiger partial charge is 0.481 e. The van der Waals surface area contributed by atoms with Crippen LogP contribution in [-0.4, -0.2) is 48.9 Å². The number of carbonyl (C=O) groups is 1. The zero-order chi connectivity index (χ0) is 16.0. The lowest BCUT2D eigenvalue weighted by atomic mass is 10.1. The second kappa shape index (κ2) is 7.37. The first-order valence-electron chi connectivity index (χ1n) is 6.60. The second-order valence-electron chi connectivity index (χ2n) is 5.00. The number of rotatable bonds is 8. The molecule has 1 heterocycles. The molecule has 0 saturated carbocycles. The van der Waals surface area contributed by atoms with Crippen LogP contribution in [-0.2, 0) is 14.8 Å². The normalized spacial score (nSPS) is 13.1. The van der Waals surface area contributed by atoms with E-state index >= 15 is 0 Å². The van der Waals surface area contributed by atoms with Crippen LogP contribution in [0.2, 0.25) is 0 Å². The van der Waals surface area contributed by atoms with Gasteiger partial charge in [0.1, 0.15) is 10.7 Å². The third-order valence-electron chi connectivity index (χ3n) is 2.94. The maximum absolute atomic E-state index is 11.9. The van der Waals surface area contributed by atoms with E-state index in [1.807, 2.05) is 6.92 Å². The predicted octanol–water partition coefficient (Wildman–Crippen LogP) is 1.39. The summed E-state index contributed by atoms with van der Waals surface area (Å²) < 4.78 is 24.9. The summed E-state index contributed by atoms with van der Waals surface area (Å²) in [4.78, 5) is 14.6. The first-order valence-corrected chi connectivity index (χ1v) is 8.04. The van der Waals surface area contributed by atoms with Crippen molar-refractivity contribution in [1.29, 1.82) is 0 Å². The Hall–Kier alpha value is -1.67. The maximum Gasteiger partial charge on any atom is 0.303 e. The number of nitrogens with zero attached hydrogens (tertiary/aromatic N) is 2. The van der Waals surface area contributed by atoms with Gasteiger partial charge in [-0.2, -0.15) is 0 Å². The number of carboxylic acids is 1. The van der Waals surface area contributed by atoms with Gasteiger partial charge in [0.2, 0.25) is 10.0 Å². The highest BCUT2D eigenvalue weighted by atomic mass is 32.2. The Kier molecular flexibility index (Phi) is 6.10. The Morgan fingerprint density at radius 2 is 2.10 bits per heavy atom. The van der Waals surface area contributed by atoms with Crippen LogP contribution in [0.3, 0.4) is 0 Å². The fourth-order valence-corrected chi connectivity index (χ4v) is 2.56. The highest BCUT2D eigenvalue weighted by Gasteiger charge is 2.17. The van der Waals surface area contributed by atoms with Gasteiger partial charge in [0, 0.05) is 32.8 Å². The highest BCUT2D eigenvalue weighted by Crippen LogP contribution is 2.15. The standard InChI is InChI=1S/C13H21N3O4S/c1-10(5-4-6-13(17)18)15-12-8-7-11(9-14-12)21(19,20)16(2)3/h7-10H,4-6H2,1-3H3,(H,14,15)(H,17,18). The van der Waals surface area contributed by atoms with Crippen LogP contribution in [0.5, 0.6) is 0 Å². The van der Waals surface area contributed by atoms with E-state index in [1.54, 1.807) is 6.07 Å². The number of hydrogen-bond donors (Lipinski definition) is 2. The van der Waals surface area contributed by atoms with Crippen LogP contribution in [0.15, 0.2) is 23.2 Å². The van der Waals surface area contributed by atoms with E-state index in [1.165, 1.54) is 26.4 Å². The van der Waals surface area contributed by atoms with Crippen LogP contribution < -0.4 is 5.32 Å².